The fourth-order valence-electron chi connectivity index (χ4n) is 5.48. The van der Waals surface area contributed by atoms with Crippen LogP contribution in [0.4, 0.5) is 0 Å². The highest BCUT2D eigenvalue weighted by atomic mass is 16.5. The zero-order chi connectivity index (χ0) is 20.9. The van der Waals surface area contributed by atoms with Crippen LogP contribution >= 0.6 is 0 Å². The Kier molecular flexibility index (Phi) is 5.43. The van der Waals surface area contributed by atoms with Crippen molar-refractivity contribution in [2.45, 2.75) is 78.4 Å². The van der Waals surface area contributed by atoms with Gasteiger partial charge in [-0.3, -0.25) is 14.4 Å². The molecule has 5 atom stereocenters. The summed E-state index contributed by atoms with van der Waals surface area (Å²) in [4.78, 5) is 38.3. The van der Waals surface area contributed by atoms with E-state index in [9.17, 15) is 19.5 Å². The Hall–Kier alpha value is -1.75. The third kappa shape index (κ3) is 3.28. The number of aliphatic hydroxyl groups excluding tert-OH is 1. The first-order valence-corrected chi connectivity index (χ1v) is 10.4. The second kappa shape index (κ2) is 7.25. The summed E-state index contributed by atoms with van der Waals surface area (Å²) in [7, 11) is 0. The summed E-state index contributed by atoms with van der Waals surface area (Å²) < 4.78 is 5.72. The van der Waals surface area contributed by atoms with E-state index in [0.29, 0.717) is 36.8 Å². The van der Waals surface area contributed by atoms with Crippen molar-refractivity contribution in [3.63, 3.8) is 0 Å². The lowest BCUT2D eigenvalue weighted by molar-refractivity contribution is -0.161. The van der Waals surface area contributed by atoms with E-state index in [1.807, 2.05) is 13.0 Å². The maximum Gasteiger partial charge on any atom is 0.306 e. The summed E-state index contributed by atoms with van der Waals surface area (Å²) in [6.45, 7) is 11.7. The number of rotatable bonds is 2. The summed E-state index contributed by atoms with van der Waals surface area (Å²) in [5.74, 6) is -0.910. The quantitative estimate of drug-likeness (QED) is 0.578. The van der Waals surface area contributed by atoms with Gasteiger partial charge in [-0.2, -0.15) is 0 Å². The Bertz CT molecular complexity index is 746. The Balaban J connectivity index is 2.10. The number of fused-ring (bicyclic) bond motifs is 2. The number of Topliss-reactive ketones (excluding diaryl/α,β-unsaturated/α-hetero) is 2. The van der Waals surface area contributed by atoms with Gasteiger partial charge >= 0.3 is 5.97 Å². The highest BCUT2D eigenvalue weighted by molar-refractivity contribution is 6.12. The molecule has 0 aromatic carbocycles. The molecule has 154 valence electrons. The highest BCUT2D eigenvalue weighted by Gasteiger charge is 2.56. The predicted molar refractivity (Wildman–Crippen MR) is 105 cm³/mol. The van der Waals surface area contributed by atoms with E-state index in [-0.39, 0.29) is 41.2 Å². The van der Waals surface area contributed by atoms with E-state index in [0.717, 1.165) is 6.42 Å². The fourth-order valence-corrected chi connectivity index (χ4v) is 5.48. The summed E-state index contributed by atoms with van der Waals surface area (Å²) in [5, 5.41) is 10.9. The molecule has 0 aliphatic heterocycles. The molecule has 0 unspecified atom stereocenters. The molecule has 0 spiro atoms. The first kappa shape index (κ1) is 21.0. The summed E-state index contributed by atoms with van der Waals surface area (Å²) in [6.07, 6.45) is 3.14. The lowest BCUT2D eigenvalue weighted by atomic mass is 9.52. The van der Waals surface area contributed by atoms with Crippen molar-refractivity contribution in [2.24, 2.45) is 22.7 Å². The van der Waals surface area contributed by atoms with E-state index in [1.54, 1.807) is 6.92 Å². The Morgan fingerprint density at radius 2 is 1.96 bits per heavy atom. The van der Waals surface area contributed by atoms with Gasteiger partial charge in [0.15, 0.2) is 5.78 Å². The van der Waals surface area contributed by atoms with Gasteiger partial charge in [-0.15, -0.1) is 0 Å². The number of ether oxygens (including phenoxy) is 1. The monoisotopic (exact) mass is 388 g/mol. The van der Waals surface area contributed by atoms with E-state index < -0.39 is 17.6 Å². The van der Waals surface area contributed by atoms with Crippen LogP contribution in [-0.4, -0.2) is 34.9 Å². The lowest BCUT2D eigenvalue weighted by Gasteiger charge is -2.53. The molecule has 0 aromatic heterocycles. The second-order valence-electron chi connectivity index (χ2n) is 9.49. The molecule has 0 amide bonds. The molecule has 28 heavy (non-hydrogen) atoms. The molecular formula is C23H32O5. The molecule has 3 aliphatic rings. The summed E-state index contributed by atoms with van der Waals surface area (Å²) >= 11 is 0. The van der Waals surface area contributed by atoms with E-state index in [4.69, 9.17) is 4.74 Å². The molecule has 3 aliphatic carbocycles. The molecular weight excluding hydrogens is 356 g/mol. The van der Waals surface area contributed by atoms with Crippen molar-refractivity contribution in [3.8, 4) is 0 Å². The molecule has 5 heteroatoms. The van der Waals surface area contributed by atoms with E-state index >= 15 is 0 Å². The van der Waals surface area contributed by atoms with Gasteiger partial charge in [-0.05, 0) is 49.5 Å². The normalized spacial score (nSPS) is 37.9. The van der Waals surface area contributed by atoms with Crippen LogP contribution in [0.15, 0.2) is 23.8 Å². The SMILES string of the molecule is C=C1C(=O)C2=C[C@H]1CCC(=O)[C@]1(C)[C@H](O)CCC(C)(C)[C@H]1C[C@H]2OC(=O)CC. The molecule has 1 saturated carbocycles. The molecule has 0 heterocycles. The molecule has 5 nitrogen and oxygen atoms in total. The van der Waals surface area contributed by atoms with Gasteiger partial charge in [0.2, 0.25) is 0 Å². The van der Waals surface area contributed by atoms with Crippen molar-refractivity contribution in [1.82, 2.24) is 0 Å². The average molecular weight is 389 g/mol. The van der Waals surface area contributed by atoms with E-state index in [2.05, 4.69) is 20.4 Å². The van der Waals surface area contributed by atoms with Crippen LogP contribution in [-0.2, 0) is 19.1 Å². The largest absolute Gasteiger partial charge is 0.457 e. The number of hydrogen-bond acceptors (Lipinski definition) is 5. The molecule has 1 fully saturated rings. The van der Waals surface area contributed by atoms with Gasteiger partial charge in [0.1, 0.15) is 11.9 Å². The highest BCUT2D eigenvalue weighted by Crippen LogP contribution is 2.55. The van der Waals surface area contributed by atoms with Crippen LogP contribution in [0.3, 0.4) is 0 Å². The zero-order valence-electron chi connectivity index (χ0n) is 17.4. The third-order valence-electron chi connectivity index (χ3n) is 7.45. The molecule has 1 N–H and O–H groups in total. The fraction of sp³-hybridized carbons (Fsp3) is 0.696. The van der Waals surface area contributed by atoms with Crippen molar-refractivity contribution >= 4 is 17.5 Å². The first-order chi connectivity index (χ1) is 13.0. The van der Waals surface area contributed by atoms with Crippen LogP contribution in [0.2, 0.25) is 0 Å². The first-order valence-electron chi connectivity index (χ1n) is 10.4. The standard InChI is InChI=1S/C23H32O5/c1-6-20(26)28-16-12-17-22(3,4)10-9-19(25)23(17,5)18(24)8-7-14-11-15(16)21(27)13(14)2/h11,14,16-17,19,25H,2,6-10,12H2,1,3-5H3/t14-,16-,17-,19-,23-/m1/s1. The van der Waals surface area contributed by atoms with Crippen molar-refractivity contribution in [1.29, 1.82) is 0 Å². The minimum Gasteiger partial charge on any atom is -0.457 e. The molecule has 0 saturated heterocycles. The van der Waals surface area contributed by atoms with Gasteiger partial charge in [0.25, 0.3) is 0 Å². The van der Waals surface area contributed by atoms with Gasteiger partial charge in [-0.25, -0.2) is 0 Å². The Labute approximate surface area is 167 Å². The van der Waals surface area contributed by atoms with Crippen LogP contribution in [0.25, 0.3) is 0 Å². The van der Waals surface area contributed by atoms with Gasteiger partial charge in [-0.1, -0.05) is 33.4 Å². The third-order valence-corrected chi connectivity index (χ3v) is 7.45. The maximum atomic E-state index is 13.3. The number of hydrogen-bond donors (Lipinski definition) is 1. The van der Waals surface area contributed by atoms with Gasteiger partial charge in [0.05, 0.1) is 11.5 Å². The van der Waals surface area contributed by atoms with Crippen molar-refractivity contribution in [2.75, 3.05) is 0 Å². The van der Waals surface area contributed by atoms with Crippen LogP contribution in [0.5, 0.6) is 0 Å². The second-order valence-corrected chi connectivity index (χ2v) is 9.49. The van der Waals surface area contributed by atoms with Crippen molar-refractivity contribution in [3.05, 3.63) is 23.8 Å². The average Bonchev–Trinajstić information content (AvgIpc) is 2.93. The number of allylic oxidation sites excluding steroid dienone is 2. The van der Waals surface area contributed by atoms with Crippen molar-refractivity contribution < 1.29 is 24.2 Å². The minimum atomic E-state index is -0.916. The molecule has 2 bridgehead atoms. The molecule has 0 aromatic rings. The number of aliphatic hydroxyl groups is 1. The van der Waals surface area contributed by atoms with Crippen LogP contribution < -0.4 is 0 Å². The minimum absolute atomic E-state index is 0.0299. The number of carbonyl (C=O) groups is 3. The van der Waals surface area contributed by atoms with Gasteiger partial charge < -0.3 is 9.84 Å². The Morgan fingerprint density at radius 1 is 1.29 bits per heavy atom. The topological polar surface area (TPSA) is 80.7 Å². The van der Waals surface area contributed by atoms with Gasteiger partial charge in [0, 0.05) is 24.3 Å². The zero-order valence-corrected chi connectivity index (χ0v) is 17.4. The number of carbonyl (C=O) groups excluding carboxylic acids is 3. The molecule has 3 rings (SSSR count). The lowest BCUT2D eigenvalue weighted by Crippen LogP contribution is -2.56. The summed E-state index contributed by atoms with van der Waals surface area (Å²) in [5.41, 5.74) is -0.182. The number of ketones is 2. The maximum absolute atomic E-state index is 13.3. The number of esters is 1. The predicted octanol–water partition coefficient (Wildman–Crippen LogP) is 3.55. The molecule has 0 radical (unpaired) electrons. The Morgan fingerprint density at radius 3 is 2.61 bits per heavy atom. The smallest absolute Gasteiger partial charge is 0.306 e. The van der Waals surface area contributed by atoms with Crippen LogP contribution in [0.1, 0.15) is 66.2 Å². The van der Waals surface area contributed by atoms with Crippen LogP contribution in [0, 0.1) is 22.7 Å². The summed E-state index contributed by atoms with van der Waals surface area (Å²) in [6, 6.07) is 0. The van der Waals surface area contributed by atoms with E-state index in [1.165, 1.54) is 0 Å².